The molecule has 0 nitrogen and oxygen atoms in total. The smallest absolute Gasteiger partial charge is 0.128 e. The van der Waals surface area contributed by atoms with Gasteiger partial charge < -0.3 is 0 Å². The van der Waals surface area contributed by atoms with Gasteiger partial charge in [0.05, 0.1) is 4.83 Å². The number of rotatable bonds is 2. The fourth-order valence-electron chi connectivity index (χ4n) is 1.70. The van der Waals surface area contributed by atoms with Gasteiger partial charge in [-0.2, -0.15) is 0 Å². The SMILES string of the molecule is Cc1cc(F)c(C(Br)c2ccccc2I)cc1F. The van der Waals surface area contributed by atoms with Gasteiger partial charge in [0.2, 0.25) is 0 Å². The topological polar surface area (TPSA) is 0 Å². The summed E-state index contributed by atoms with van der Waals surface area (Å²) in [5.41, 5.74) is 1.57. The molecule has 1 unspecified atom stereocenters. The normalized spacial score (nSPS) is 12.5. The number of aryl methyl sites for hydroxylation is 1. The molecule has 1 atom stereocenters. The van der Waals surface area contributed by atoms with Crippen molar-refractivity contribution in [2.24, 2.45) is 0 Å². The first-order valence-corrected chi connectivity index (χ1v) is 7.34. The van der Waals surface area contributed by atoms with Crippen molar-refractivity contribution in [3.63, 3.8) is 0 Å². The van der Waals surface area contributed by atoms with E-state index in [-0.39, 0.29) is 10.6 Å². The van der Waals surface area contributed by atoms with E-state index in [4.69, 9.17) is 0 Å². The van der Waals surface area contributed by atoms with Crippen molar-refractivity contribution in [1.29, 1.82) is 0 Å². The summed E-state index contributed by atoms with van der Waals surface area (Å²) >= 11 is 5.63. The van der Waals surface area contributed by atoms with Gasteiger partial charge in [-0.3, -0.25) is 0 Å². The molecule has 0 saturated heterocycles. The highest BCUT2D eigenvalue weighted by atomic mass is 127. The van der Waals surface area contributed by atoms with Crippen molar-refractivity contribution in [3.05, 3.63) is 68.3 Å². The lowest BCUT2D eigenvalue weighted by molar-refractivity contribution is 0.581. The third-order valence-corrected chi connectivity index (χ3v) is 4.70. The Balaban J connectivity index is 2.50. The van der Waals surface area contributed by atoms with Crippen LogP contribution in [0.4, 0.5) is 8.78 Å². The van der Waals surface area contributed by atoms with Gasteiger partial charge in [-0.1, -0.05) is 34.1 Å². The Morgan fingerprint density at radius 3 is 2.39 bits per heavy atom. The summed E-state index contributed by atoms with van der Waals surface area (Å²) in [4.78, 5) is -0.347. The van der Waals surface area contributed by atoms with Crippen LogP contribution in [0.25, 0.3) is 0 Å². The fraction of sp³-hybridized carbons (Fsp3) is 0.143. The first-order chi connectivity index (χ1) is 8.50. The third kappa shape index (κ3) is 2.74. The highest BCUT2D eigenvalue weighted by Gasteiger charge is 2.18. The summed E-state index contributed by atoms with van der Waals surface area (Å²) in [6.07, 6.45) is 0. The second-order valence-corrected chi connectivity index (χ2v) is 6.08. The monoisotopic (exact) mass is 422 g/mol. The van der Waals surface area contributed by atoms with E-state index in [0.717, 1.165) is 9.13 Å². The van der Waals surface area contributed by atoms with Gasteiger partial charge in [0.15, 0.2) is 0 Å². The van der Waals surface area contributed by atoms with Crippen LogP contribution in [0.15, 0.2) is 36.4 Å². The summed E-state index contributed by atoms with van der Waals surface area (Å²) in [5, 5.41) is 0. The number of hydrogen-bond donors (Lipinski definition) is 0. The predicted molar refractivity (Wildman–Crippen MR) is 81.0 cm³/mol. The van der Waals surface area contributed by atoms with Crippen LogP contribution in [0.3, 0.4) is 0 Å². The Labute approximate surface area is 127 Å². The molecule has 0 N–H and O–H groups in total. The lowest BCUT2D eigenvalue weighted by atomic mass is 10.0. The molecular formula is C14H10BrF2I. The Kier molecular flexibility index (Phi) is 4.37. The summed E-state index contributed by atoms with van der Waals surface area (Å²) in [5.74, 6) is -0.780. The number of benzene rings is 2. The van der Waals surface area contributed by atoms with Gasteiger partial charge >= 0.3 is 0 Å². The van der Waals surface area contributed by atoms with Crippen molar-refractivity contribution in [1.82, 2.24) is 0 Å². The summed E-state index contributed by atoms with van der Waals surface area (Å²) < 4.78 is 28.5. The van der Waals surface area contributed by atoms with Crippen LogP contribution in [-0.4, -0.2) is 0 Å². The Morgan fingerprint density at radius 2 is 1.72 bits per heavy atom. The fourth-order valence-corrected chi connectivity index (χ4v) is 3.58. The van der Waals surface area contributed by atoms with Crippen LogP contribution in [0.2, 0.25) is 0 Å². The van der Waals surface area contributed by atoms with Crippen molar-refractivity contribution >= 4 is 38.5 Å². The molecule has 18 heavy (non-hydrogen) atoms. The lowest BCUT2D eigenvalue weighted by Crippen LogP contribution is -2.01. The van der Waals surface area contributed by atoms with E-state index in [1.165, 1.54) is 12.1 Å². The summed E-state index contributed by atoms with van der Waals surface area (Å²) in [7, 11) is 0. The average Bonchev–Trinajstić information content (AvgIpc) is 2.33. The minimum Gasteiger partial charge on any atom is -0.207 e. The average molecular weight is 423 g/mol. The number of halogens is 4. The second kappa shape index (κ2) is 5.65. The molecule has 94 valence electrons. The standard InChI is InChI=1S/C14H10BrF2I/c1-8-6-12(17)10(7-11(8)16)14(15)9-4-2-3-5-13(9)18/h2-7,14H,1H3. The molecule has 0 amide bonds. The molecule has 0 heterocycles. The molecule has 0 aliphatic carbocycles. The second-order valence-electron chi connectivity index (χ2n) is 4.01. The van der Waals surface area contributed by atoms with Crippen LogP contribution in [0.5, 0.6) is 0 Å². The van der Waals surface area contributed by atoms with Gasteiger partial charge in [0, 0.05) is 9.13 Å². The van der Waals surface area contributed by atoms with Crippen LogP contribution in [-0.2, 0) is 0 Å². The lowest BCUT2D eigenvalue weighted by Gasteiger charge is -2.14. The number of hydrogen-bond acceptors (Lipinski definition) is 0. The first-order valence-electron chi connectivity index (χ1n) is 5.34. The largest absolute Gasteiger partial charge is 0.207 e. The van der Waals surface area contributed by atoms with Crippen LogP contribution in [0, 0.1) is 22.1 Å². The molecule has 0 aliphatic heterocycles. The van der Waals surface area contributed by atoms with E-state index in [2.05, 4.69) is 38.5 Å². The van der Waals surface area contributed by atoms with E-state index >= 15 is 0 Å². The zero-order valence-electron chi connectivity index (χ0n) is 9.55. The van der Waals surface area contributed by atoms with Crippen LogP contribution >= 0.6 is 38.5 Å². The van der Waals surface area contributed by atoms with Crippen molar-refractivity contribution in [2.75, 3.05) is 0 Å². The highest BCUT2D eigenvalue weighted by Crippen LogP contribution is 2.35. The van der Waals surface area contributed by atoms with Gasteiger partial charge in [-0.25, -0.2) is 8.78 Å². The molecular weight excluding hydrogens is 413 g/mol. The molecule has 2 rings (SSSR count). The summed E-state index contributed by atoms with van der Waals surface area (Å²) in [6.45, 7) is 1.55. The molecule has 0 aliphatic rings. The maximum Gasteiger partial charge on any atom is 0.128 e. The maximum atomic E-state index is 13.9. The van der Waals surface area contributed by atoms with E-state index in [9.17, 15) is 8.78 Å². The van der Waals surface area contributed by atoms with Crippen molar-refractivity contribution in [3.8, 4) is 0 Å². The van der Waals surface area contributed by atoms with E-state index in [1.807, 2.05) is 24.3 Å². The minimum absolute atomic E-state index is 0.318. The molecule has 0 aromatic heterocycles. The molecule has 0 saturated carbocycles. The van der Waals surface area contributed by atoms with Crippen molar-refractivity contribution in [2.45, 2.75) is 11.8 Å². The van der Waals surface area contributed by atoms with Gasteiger partial charge in [-0.05, 0) is 58.8 Å². The Hall–Kier alpha value is -0.490. The number of alkyl halides is 1. The maximum absolute atomic E-state index is 13.9. The minimum atomic E-state index is -0.393. The highest BCUT2D eigenvalue weighted by molar-refractivity contribution is 14.1. The van der Waals surface area contributed by atoms with Crippen molar-refractivity contribution < 1.29 is 8.78 Å². The Bertz CT molecular complexity index is 584. The van der Waals surface area contributed by atoms with E-state index < -0.39 is 5.82 Å². The van der Waals surface area contributed by atoms with Crippen LogP contribution in [0.1, 0.15) is 21.5 Å². The molecule has 0 fully saturated rings. The van der Waals surface area contributed by atoms with E-state index in [0.29, 0.717) is 11.1 Å². The quantitative estimate of drug-likeness (QED) is 0.451. The van der Waals surface area contributed by atoms with Crippen LogP contribution < -0.4 is 0 Å². The molecule has 0 bridgehead atoms. The molecule has 2 aromatic carbocycles. The Morgan fingerprint density at radius 1 is 1.06 bits per heavy atom. The molecule has 0 radical (unpaired) electrons. The van der Waals surface area contributed by atoms with Gasteiger partial charge in [0.1, 0.15) is 11.6 Å². The molecule has 0 spiro atoms. The van der Waals surface area contributed by atoms with Gasteiger partial charge in [0.25, 0.3) is 0 Å². The van der Waals surface area contributed by atoms with E-state index in [1.54, 1.807) is 6.92 Å². The zero-order chi connectivity index (χ0) is 13.3. The predicted octanol–water partition coefficient (Wildman–Crippen LogP) is 5.36. The first kappa shape index (κ1) is 13.9. The zero-order valence-corrected chi connectivity index (χ0v) is 13.3. The summed E-state index contributed by atoms with van der Waals surface area (Å²) in [6, 6.07) is 10.1. The third-order valence-electron chi connectivity index (χ3n) is 2.73. The molecule has 4 heteroatoms. The molecule has 2 aromatic rings. The van der Waals surface area contributed by atoms with Gasteiger partial charge in [-0.15, -0.1) is 0 Å².